The number of hydrogen-bond acceptors (Lipinski definition) is 5. The predicted octanol–water partition coefficient (Wildman–Crippen LogP) is -0.141. The van der Waals surface area contributed by atoms with Gasteiger partial charge in [0, 0.05) is 33.7 Å². The Morgan fingerprint density at radius 3 is 2.88 bits per heavy atom. The molecule has 1 aliphatic heterocycles. The molecule has 1 aliphatic rings. The van der Waals surface area contributed by atoms with E-state index >= 15 is 0 Å². The van der Waals surface area contributed by atoms with Crippen molar-refractivity contribution in [3.05, 3.63) is 22.0 Å². The van der Waals surface area contributed by atoms with Crippen LogP contribution in [0.1, 0.15) is 5.69 Å². The van der Waals surface area contributed by atoms with Crippen LogP contribution in [0.25, 0.3) is 0 Å². The van der Waals surface area contributed by atoms with E-state index in [-0.39, 0.29) is 11.3 Å². The highest BCUT2D eigenvalue weighted by Gasteiger charge is 2.40. The van der Waals surface area contributed by atoms with Crippen LogP contribution in [0.3, 0.4) is 0 Å². The van der Waals surface area contributed by atoms with Gasteiger partial charge in [-0.15, -0.1) is 0 Å². The Morgan fingerprint density at radius 2 is 2.44 bits per heavy atom. The average molecular weight is 226 g/mol. The Hall–Kier alpha value is -1.47. The van der Waals surface area contributed by atoms with Gasteiger partial charge in [-0.3, -0.25) is 14.8 Å². The molecule has 1 fully saturated rings. The number of rotatable bonds is 4. The van der Waals surface area contributed by atoms with Crippen molar-refractivity contribution in [3.8, 4) is 0 Å². The molecule has 0 spiro atoms. The summed E-state index contributed by atoms with van der Waals surface area (Å²) in [5.74, 6) is 0. The van der Waals surface area contributed by atoms with E-state index in [0.29, 0.717) is 25.2 Å². The molecule has 0 aliphatic carbocycles. The van der Waals surface area contributed by atoms with Crippen molar-refractivity contribution in [1.82, 2.24) is 15.1 Å². The lowest BCUT2D eigenvalue weighted by Crippen LogP contribution is -2.62. The Bertz CT molecular complexity index is 405. The quantitative estimate of drug-likeness (QED) is 0.570. The highest BCUT2D eigenvalue weighted by Crippen LogP contribution is 2.26. The molecule has 7 heteroatoms. The van der Waals surface area contributed by atoms with Crippen LogP contribution in [0.15, 0.2) is 6.20 Å². The maximum Gasteiger partial charge on any atom is 0.310 e. The van der Waals surface area contributed by atoms with E-state index < -0.39 is 4.92 Å². The number of ether oxygens (including phenoxy) is 1. The fraction of sp³-hybridized carbons (Fsp3) is 0.667. The van der Waals surface area contributed by atoms with Crippen LogP contribution in [-0.2, 0) is 18.2 Å². The molecular weight excluding hydrogens is 212 g/mol. The van der Waals surface area contributed by atoms with E-state index in [1.54, 1.807) is 14.2 Å². The summed E-state index contributed by atoms with van der Waals surface area (Å²) in [6.07, 6.45) is 1.79. The van der Waals surface area contributed by atoms with Gasteiger partial charge < -0.3 is 10.1 Å². The zero-order valence-corrected chi connectivity index (χ0v) is 9.27. The van der Waals surface area contributed by atoms with Gasteiger partial charge in [-0.2, -0.15) is 5.10 Å². The van der Waals surface area contributed by atoms with Crippen LogP contribution in [0.2, 0.25) is 0 Å². The van der Waals surface area contributed by atoms with Crippen molar-refractivity contribution < 1.29 is 9.66 Å². The predicted molar refractivity (Wildman–Crippen MR) is 56.2 cm³/mol. The highest BCUT2D eigenvalue weighted by molar-refractivity contribution is 5.34. The van der Waals surface area contributed by atoms with Crippen LogP contribution in [-0.4, -0.2) is 40.5 Å². The van der Waals surface area contributed by atoms with Gasteiger partial charge in [0.2, 0.25) is 0 Å². The minimum atomic E-state index is -0.405. The van der Waals surface area contributed by atoms with Gasteiger partial charge in [0.05, 0.1) is 10.5 Å². The van der Waals surface area contributed by atoms with E-state index in [1.165, 1.54) is 10.9 Å². The van der Waals surface area contributed by atoms with E-state index in [0.717, 1.165) is 0 Å². The lowest BCUT2D eigenvalue weighted by molar-refractivity contribution is -0.385. The molecule has 2 heterocycles. The molecule has 7 nitrogen and oxygen atoms in total. The monoisotopic (exact) mass is 226 g/mol. The third kappa shape index (κ3) is 1.68. The molecular formula is C9H14N4O3. The number of hydrogen-bond donors (Lipinski definition) is 1. The number of aromatic nitrogens is 2. The Labute approximate surface area is 92.5 Å². The van der Waals surface area contributed by atoms with Crippen molar-refractivity contribution in [3.63, 3.8) is 0 Å². The Kier molecular flexibility index (Phi) is 2.64. The molecule has 0 saturated carbocycles. The zero-order valence-electron chi connectivity index (χ0n) is 9.27. The first kappa shape index (κ1) is 11.0. The summed E-state index contributed by atoms with van der Waals surface area (Å²) in [4.78, 5) is 10.4. The van der Waals surface area contributed by atoms with E-state index in [4.69, 9.17) is 4.74 Å². The molecule has 1 aromatic heterocycles. The van der Waals surface area contributed by atoms with Crippen molar-refractivity contribution >= 4 is 5.69 Å². The smallest absolute Gasteiger partial charge is 0.310 e. The fourth-order valence-corrected chi connectivity index (χ4v) is 1.86. The summed E-state index contributed by atoms with van der Waals surface area (Å²) in [5, 5.41) is 17.8. The van der Waals surface area contributed by atoms with Crippen LogP contribution in [0.4, 0.5) is 5.69 Å². The van der Waals surface area contributed by atoms with Crippen molar-refractivity contribution in [1.29, 1.82) is 0 Å². The number of nitrogens with zero attached hydrogens (tertiary/aromatic N) is 3. The molecule has 2 rings (SSSR count). The summed E-state index contributed by atoms with van der Waals surface area (Å²) in [5.41, 5.74) is 0.345. The average Bonchev–Trinajstić information content (AvgIpc) is 2.54. The molecule has 1 N–H and O–H groups in total. The second-order valence-corrected chi connectivity index (χ2v) is 4.02. The second-order valence-electron chi connectivity index (χ2n) is 4.02. The lowest BCUT2D eigenvalue weighted by atomic mass is 9.90. The summed E-state index contributed by atoms with van der Waals surface area (Å²) in [6.45, 7) is 1.43. The van der Waals surface area contributed by atoms with Gasteiger partial charge in [-0.05, 0) is 0 Å². The van der Waals surface area contributed by atoms with Gasteiger partial charge in [-0.25, -0.2) is 0 Å². The topological polar surface area (TPSA) is 82.2 Å². The molecule has 0 atom stereocenters. The van der Waals surface area contributed by atoms with Gasteiger partial charge in [0.25, 0.3) is 0 Å². The van der Waals surface area contributed by atoms with Gasteiger partial charge in [0.15, 0.2) is 0 Å². The SMILES string of the molecule is COC1(Cc2c([N+](=O)[O-])cnn2C)CNC1. The molecule has 0 radical (unpaired) electrons. The normalized spacial score (nSPS) is 18.1. The minimum Gasteiger partial charge on any atom is -0.375 e. The minimum absolute atomic E-state index is 0.0609. The molecule has 0 unspecified atom stereocenters. The van der Waals surface area contributed by atoms with E-state index in [2.05, 4.69) is 10.4 Å². The zero-order chi connectivity index (χ0) is 11.8. The Morgan fingerprint density at radius 1 is 1.75 bits per heavy atom. The summed E-state index contributed by atoms with van der Waals surface area (Å²) in [6, 6.07) is 0. The largest absolute Gasteiger partial charge is 0.375 e. The summed E-state index contributed by atoms with van der Waals surface area (Å²) >= 11 is 0. The third-order valence-electron chi connectivity index (χ3n) is 3.05. The second kappa shape index (κ2) is 3.84. The molecule has 1 aromatic rings. The maximum atomic E-state index is 10.8. The highest BCUT2D eigenvalue weighted by atomic mass is 16.6. The molecule has 16 heavy (non-hydrogen) atoms. The van der Waals surface area contributed by atoms with Crippen LogP contribution in [0, 0.1) is 10.1 Å². The first-order chi connectivity index (χ1) is 7.58. The summed E-state index contributed by atoms with van der Waals surface area (Å²) in [7, 11) is 3.33. The number of nitro groups is 1. The van der Waals surface area contributed by atoms with E-state index in [1.807, 2.05) is 0 Å². The van der Waals surface area contributed by atoms with Gasteiger partial charge in [-0.1, -0.05) is 0 Å². The first-order valence-corrected chi connectivity index (χ1v) is 4.99. The number of methoxy groups -OCH3 is 1. The van der Waals surface area contributed by atoms with Crippen LogP contribution in [0.5, 0.6) is 0 Å². The van der Waals surface area contributed by atoms with Crippen molar-refractivity contribution in [2.45, 2.75) is 12.0 Å². The standard InChI is InChI=1S/C9H14N4O3/c1-12-7(8(4-11-12)13(14)15)3-9(16-2)5-10-6-9/h4,10H,3,5-6H2,1-2H3. The molecule has 88 valence electrons. The number of aryl methyl sites for hydroxylation is 1. The first-order valence-electron chi connectivity index (χ1n) is 4.99. The van der Waals surface area contributed by atoms with Crippen molar-refractivity contribution in [2.24, 2.45) is 7.05 Å². The Balaban J connectivity index is 2.26. The lowest BCUT2D eigenvalue weighted by Gasteiger charge is -2.41. The van der Waals surface area contributed by atoms with E-state index in [9.17, 15) is 10.1 Å². The maximum absolute atomic E-state index is 10.8. The molecule has 0 aromatic carbocycles. The van der Waals surface area contributed by atoms with Gasteiger partial charge >= 0.3 is 5.69 Å². The third-order valence-corrected chi connectivity index (χ3v) is 3.05. The number of nitrogens with one attached hydrogen (secondary N) is 1. The molecule has 0 amide bonds. The fourth-order valence-electron chi connectivity index (χ4n) is 1.86. The summed E-state index contributed by atoms with van der Waals surface area (Å²) < 4.78 is 6.95. The molecule has 0 bridgehead atoms. The van der Waals surface area contributed by atoms with Crippen LogP contribution >= 0.6 is 0 Å². The molecule has 1 saturated heterocycles. The van der Waals surface area contributed by atoms with Crippen LogP contribution < -0.4 is 5.32 Å². The van der Waals surface area contributed by atoms with Gasteiger partial charge in [0.1, 0.15) is 11.9 Å². The van der Waals surface area contributed by atoms with Crippen molar-refractivity contribution in [2.75, 3.05) is 20.2 Å².